The van der Waals surface area contributed by atoms with Gasteiger partial charge in [0, 0.05) is 13.2 Å². The molecule has 0 aromatic rings. The van der Waals surface area contributed by atoms with Gasteiger partial charge in [-0.1, -0.05) is 20.3 Å². The van der Waals surface area contributed by atoms with Crippen molar-refractivity contribution in [1.82, 2.24) is 5.32 Å². The molecule has 0 aliphatic heterocycles. The Morgan fingerprint density at radius 2 is 1.89 bits per heavy atom. The summed E-state index contributed by atoms with van der Waals surface area (Å²) >= 11 is 0. The van der Waals surface area contributed by atoms with E-state index in [-0.39, 0.29) is 6.09 Å². The van der Waals surface area contributed by atoms with Crippen molar-refractivity contribution in [2.24, 2.45) is 0 Å². The molecular formula is C14H29NO3. The third-order valence-electron chi connectivity index (χ3n) is 2.64. The van der Waals surface area contributed by atoms with Crippen molar-refractivity contribution in [3.63, 3.8) is 0 Å². The molecule has 1 unspecified atom stereocenters. The standard InChI is InChI=1S/C14H29NO3/c1-4-6-12-17-13(3)9-7-8-10-15-14(16)18-11-5-2/h13H,4-12H2,1-3H3,(H,15,16). The first-order valence-electron chi connectivity index (χ1n) is 7.22. The van der Waals surface area contributed by atoms with Crippen LogP contribution in [-0.4, -0.2) is 32.0 Å². The molecule has 0 aliphatic carbocycles. The normalized spacial score (nSPS) is 12.2. The Hall–Kier alpha value is -0.770. The van der Waals surface area contributed by atoms with Crippen LogP contribution in [0.2, 0.25) is 0 Å². The van der Waals surface area contributed by atoms with Gasteiger partial charge >= 0.3 is 6.09 Å². The zero-order chi connectivity index (χ0) is 13.6. The van der Waals surface area contributed by atoms with Gasteiger partial charge in [0.25, 0.3) is 0 Å². The van der Waals surface area contributed by atoms with Crippen molar-refractivity contribution < 1.29 is 14.3 Å². The summed E-state index contributed by atoms with van der Waals surface area (Å²) in [6.45, 7) is 8.29. The fourth-order valence-corrected chi connectivity index (χ4v) is 1.51. The van der Waals surface area contributed by atoms with E-state index in [0.29, 0.717) is 19.3 Å². The van der Waals surface area contributed by atoms with E-state index in [2.05, 4.69) is 19.2 Å². The Kier molecular flexibility index (Phi) is 12.1. The highest BCUT2D eigenvalue weighted by molar-refractivity contribution is 5.66. The van der Waals surface area contributed by atoms with Crippen molar-refractivity contribution in [1.29, 1.82) is 0 Å². The van der Waals surface area contributed by atoms with Crippen LogP contribution < -0.4 is 5.32 Å². The molecule has 1 amide bonds. The van der Waals surface area contributed by atoms with Crippen LogP contribution in [0.4, 0.5) is 4.79 Å². The number of hydrogen-bond donors (Lipinski definition) is 1. The van der Waals surface area contributed by atoms with Crippen LogP contribution in [0, 0.1) is 0 Å². The Bertz CT molecular complexity index is 197. The van der Waals surface area contributed by atoms with Gasteiger partial charge in [-0.05, 0) is 39.0 Å². The molecule has 0 radical (unpaired) electrons. The lowest BCUT2D eigenvalue weighted by atomic mass is 10.2. The molecule has 4 heteroatoms. The fourth-order valence-electron chi connectivity index (χ4n) is 1.51. The summed E-state index contributed by atoms with van der Waals surface area (Å²) < 4.78 is 10.6. The maximum absolute atomic E-state index is 11.1. The molecule has 0 heterocycles. The van der Waals surface area contributed by atoms with E-state index in [9.17, 15) is 4.79 Å². The molecule has 0 aromatic heterocycles. The smallest absolute Gasteiger partial charge is 0.407 e. The highest BCUT2D eigenvalue weighted by Crippen LogP contribution is 2.05. The van der Waals surface area contributed by atoms with Crippen molar-refractivity contribution in [2.45, 2.75) is 65.4 Å². The Morgan fingerprint density at radius 1 is 1.11 bits per heavy atom. The first kappa shape index (κ1) is 17.2. The predicted molar refractivity (Wildman–Crippen MR) is 73.8 cm³/mol. The zero-order valence-corrected chi connectivity index (χ0v) is 12.2. The molecule has 0 fully saturated rings. The molecule has 0 rings (SSSR count). The number of ether oxygens (including phenoxy) is 2. The van der Waals surface area contributed by atoms with Crippen LogP contribution in [0.3, 0.4) is 0 Å². The number of hydrogen-bond acceptors (Lipinski definition) is 3. The fraction of sp³-hybridized carbons (Fsp3) is 0.929. The number of carbonyl (C=O) groups is 1. The largest absolute Gasteiger partial charge is 0.450 e. The topological polar surface area (TPSA) is 47.6 Å². The molecule has 1 N–H and O–H groups in total. The van der Waals surface area contributed by atoms with Crippen molar-refractivity contribution in [3.8, 4) is 0 Å². The SMILES string of the molecule is CCCCOC(C)CCCCNC(=O)OCCC. The maximum Gasteiger partial charge on any atom is 0.407 e. The summed E-state index contributed by atoms with van der Waals surface area (Å²) in [6, 6.07) is 0. The first-order chi connectivity index (χ1) is 8.70. The van der Waals surface area contributed by atoms with Gasteiger partial charge in [0.15, 0.2) is 0 Å². The molecule has 0 aliphatic rings. The number of nitrogens with one attached hydrogen (secondary N) is 1. The van der Waals surface area contributed by atoms with Gasteiger partial charge in [0.1, 0.15) is 0 Å². The molecule has 0 bridgehead atoms. The molecule has 0 spiro atoms. The monoisotopic (exact) mass is 259 g/mol. The number of unbranched alkanes of at least 4 members (excludes halogenated alkanes) is 2. The Morgan fingerprint density at radius 3 is 2.56 bits per heavy atom. The summed E-state index contributed by atoms with van der Waals surface area (Å²) in [5, 5.41) is 2.74. The lowest BCUT2D eigenvalue weighted by Gasteiger charge is -2.12. The summed E-state index contributed by atoms with van der Waals surface area (Å²) in [5.74, 6) is 0. The third kappa shape index (κ3) is 11.7. The second-order valence-corrected chi connectivity index (χ2v) is 4.59. The van der Waals surface area contributed by atoms with Gasteiger partial charge in [0.2, 0.25) is 0 Å². The van der Waals surface area contributed by atoms with Crippen molar-refractivity contribution in [2.75, 3.05) is 19.8 Å². The average molecular weight is 259 g/mol. The van der Waals surface area contributed by atoms with E-state index < -0.39 is 0 Å². The van der Waals surface area contributed by atoms with Crippen LogP contribution in [0.5, 0.6) is 0 Å². The summed E-state index contributed by atoms with van der Waals surface area (Å²) in [7, 11) is 0. The lowest BCUT2D eigenvalue weighted by Crippen LogP contribution is -2.25. The van der Waals surface area contributed by atoms with E-state index in [1.54, 1.807) is 0 Å². The van der Waals surface area contributed by atoms with Crippen LogP contribution in [0.1, 0.15) is 59.3 Å². The van der Waals surface area contributed by atoms with Crippen molar-refractivity contribution in [3.05, 3.63) is 0 Å². The van der Waals surface area contributed by atoms with E-state index >= 15 is 0 Å². The van der Waals surface area contributed by atoms with Crippen molar-refractivity contribution >= 4 is 6.09 Å². The Labute approximate surface area is 111 Å². The lowest BCUT2D eigenvalue weighted by molar-refractivity contribution is 0.0567. The highest BCUT2D eigenvalue weighted by atomic mass is 16.5. The molecule has 0 aromatic carbocycles. The molecule has 0 saturated carbocycles. The average Bonchev–Trinajstić information content (AvgIpc) is 2.36. The molecule has 0 saturated heterocycles. The summed E-state index contributed by atoms with van der Waals surface area (Å²) in [6.07, 6.45) is 6.29. The van der Waals surface area contributed by atoms with Gasteiger partial charge in [-0.3, -0.25) is 0 Å². The van der Waals surface area contributed by atoms with Crippen LogP contribution in [0.25, 0.3) is 0 Å². The molecule has 4 nitrogen and oxygen atoms in total. The van der Waals surface area contributed by atoms with Crippen LogP contribution >= 0.6 is 0 Å². The van der Waals surface area contributed by atoms with Gasteiger partial charge < -0.3 is 14.8 Å². The molecule has 18 heavy (non-hydrogen) atoms. The molecule has 108 valence electrons. The third-order valence-corrected chi connectivity index (χ3v) is 2.64. The number of rotatable bonds is 11. The van der Waals surface area contributed by atoms with Gasteiger partial charge in [0.05, 0.1) is 12.7 Å². The first-order valence-corrected chi connectivity index (χ1v) is 7.22. The molecular weight excluding hydrogens is 230 g/mol. The number of carbonyl (C=O) groups excluding carboxylic acids is 1. The summed E-state index contributed by atoms with van der Waals surface area (Å²) in [5.41, 5.74) is 0. The highest BCUT2D eigenvalue weighted by Gasteiger charge is 2.03. The second kappa shape index (κ2) is 12.7. The minimum atomic E-state index is -0.302. The number of amides is 1. The van der Waals surface area contributed by atoms with Gasteiger partial charge in [-0.2, -0.15) is 0 Å². The zero-order valence-electron chi connectivity index (χ0n) is 12.2. The molecule has 1 atom stereocenters. The van der Waals surface area contributed by atoms with Gasteiger partial charge in [-0.15, -0.1) is 0 Å². The Balaban J connectivity index is 3.26. The minimum absolute atomic E-state index is 0.302. The number of alkyl carbamates (subject to hydrolysis) is 1. The summed E-state index contributed by atoms with van der Waals surface area (Å²) in [4.78, 5) is 11.1. The second-order valence-electron chi connectivity index (χ2n) is 4.59. The van der Waals surface area contributed by atoms with E-state index in [0.717, 1.165) is 38.7 Å². The van der Waals surface area contributed by atoms with Crippen LogP contribution in [-0.2, 0) is 9.47 Å². The van der Waals surface area contributed by atoms with Crippen LogP contribution in [0.15, 0.2) is 0 Å². The van der Waals surface area contributed by atoms with E-state index in [1.807, 2.05) is 6.92 Å². The quantitative estimate of drug-likeness (QED) is 0.578. The maximum atomic E-state index is 11.1. The van der Waals surface area contributed by atoms with Gasteiger partial charge in [-0.25, -0.2) is 4.79 Å². The predicted octanol–water partition coefficient (Wildman–Crippen LogP) is 3.50. The van der Waals surface area contributed by atoms with E-state index in [1.165, 1.54) is 6.42 Å². The van der Waals surface area contributed by atoms with E-state index in [4.69, 9.17) is 9.47 Å². The minimum Gasteiger partial charge on any atom is -0.450 e.